The van der Waals surface area contributed by atoms with E-state index in [0.29, 0.717) is 13.1 Å². The fourth-order valence-electron chi connectivity index (χ4n) is 3.94. The normalized spacial score (nSPS) is 16.9. The SMILES string of the molecule is BC(B)(B)Oc1c(S(=O)(=O)N2CCC(c3cn4ncnc4cc3C)CC2)cnn1C. The molecule has 0 atom stereocenters. The third-order valence-electron chi connectivity index (χ3n) is 5.43. The van der Waals surface area contributed by atoms with Crippen LogP contribution in [0.4, 0.5) is 0 Å². The molecule has 0 aliphatic carbocycles. The summed E-state index contributed by atoms with van der Waals surface area (Å²) in [6.07, 6.45) is 6.43. The Labute approximate surface area is 179 Å². The van der Waals surface area contributed by atoms with Gasteiger partial charge in [0.1, 0.15) is 29.9 Å². The summed E-state index contributed by atoms with van der Waals surface area (Å²) in [7, 11) is 3.66. The van der Waals surface area contributed by atoms with Crippen molar-refractivity contribution in [3.8, 4) is 5.88 Å². The number of hydrogen-bond acceptors (Lipinski definition) is 6. The molecule has 1 fully saturated rings. The second kappa shape index (κ2) is 7.45. The molecule has 30 heavy (non-hydrogen) atoms. The fraction of sp³-hybridized carbons (Fsp3) is 0.471. The van der Waals surface area contributed by atoms with E-state index in [9.17, 15) is 8.42 Å². The molecule has 1 saturated heterocycles. The highest BCUT2D eigenvalue weighted by molar-refractivity contribution is 7.89. The number of aryl methyl sites for hydroxylation is 2. The average Bonchev–Trinajstić information content (AvgIpc) is 3.26. The number of hydrogen-bond donors (Lipinski definition) is 0. The predicted octanol–water partition coefficient (Wildman–Crippen LogP) is -1.77. The van der Waals surface area contributed by atoms with Crippen LogP contribution in [0.5, 0.6) is 5.88 Å². The Morgan fingerprint density at radius 2 is 1.90 bits per heavy atom. The third kappa shape index (κ3) is 3.88. The first-order chi connectivity index (χ1) is 14.1. The minimum Gasteiger partial charge on any atom is -0.498 e. The van der Waals surface area contributed by atoms with Gasteiger partial charge in [0.25, 0.3) is 0 Å². The molecule has 9 nitrogen and oxygen atoms in total. The average molecular weight is 426 g/mol. The van der Waals surface area contributed by atoms with Gasteiger partial charge >= 0.3 is 0 Å². The molecule has 4 rings (SSSR count). The first kappa shape index (κ1) is 21.0. The molecular weight excluding hydrogens is 401 g/mol. The molecule has 0 unspecified atom stereocenters. The van der Waals surface area contributed by atoms with Crippen LogP contribution in [0, 0.1) is 6.92 Å². The van der Waals surface area contributed by atoms with Crippen LogP contribution in [0.2, 0.25) is 0 Å². The maximum atomic E-state index is 13.3. The smallest absolute Gasteiger partial charge is 0.250 e. The molecule has 0 aromatic carbocycles. The van der Waals surface area contributed by atoms with Gasteiger partial charge in [-0.05, 0) is 42.9 Å². The third-order valence-corrected chi connectivity index (χ3v) is 7.31. The zero-order valence-corrected chi connectivity index (χ0v) is 18.8. The van der Waals surface area contributed by atoms with Gasteiger partial charge in [0.15, 0.2) is 10.5 Å². The number of aromatic nitrogens is 5. The van der Waals surface area contributed by atoms with E-state index < -0.39 is 15.3 Å². The van der Waals surface area contributed by atoms with E-state index in [2.05, 4.69) is 22.1 Å². The van der Waals surface area contributed by atoms with Crippen LogP contribution >= 0.6 is 0 Å². The van der Waals surface area contributed by atoms with Crippen molar-refractivity contribution in [1.29, 1.82) is 0 Å². The van der Waals surface area contributed by atoms with Crippen LogP contribution in [0.1, 0.15) is 29.9 Å². The maximum Gasteiger partial charge on any atom is 0.250 e. The van der Waals surface area contributed by atoms with Gasteiger partial charge in [0.05, 0.1) is 6.20 Å². The number of ether oxygens (including phenoxy) is 1. The second-order valence-electron chi connectivity index (χ2n) is 8.80. The van der Waals surface area contributed by atoms with Crippen LogP contribution in [0.15, 0.2) is 29.7 Å². The topological polar surface area (TPSA) is 94.6 Å². The lowest BCUT2D eigenvalue weighted by atomic mass is 9.52. The largest absolute Gasteiger partial charge is 0.498 e. The van der Waals surface area contributed by atoms with Gasteiger partial charge in [0.2, 0.25) is 15.9 Å². The van der Waals surface area contributed by atoms with Crippen LogP contribution in [-0.2, 0) is 17.1 Å². The first-order valence-corrected chi connectivity index (χ1v) is 11.5. The van der Waals surface area contributed by atoms with E-state index >= 15 is 0 Å². The highest BCUT2D eigenvalue weighted by Gasteiger charge is 2.35. The van der Waals surface area contributed by atoms with Gasteiger partial charge in [0, 0.05) is 31.6 Å². The summed E-state index contributed by atoms with van der Waals surface area (Å²) in [4.78, 5) is 4.35. The second-order valence-corrected chi connectivity index (χ2v) is 10.7. The van der Waals surface area contributed by atoms with Gasteiger partial charge in [-0.3, -0.25) is 0 Å². The number of piperidine rings is 1. The lowest BCUT2D eigenvalue weighted by molar-refractivity contribution is 0.278. The van der Waals surface area contributed by atoms with Crippen molar-refractivity contribution in [3.63, 3.8) is 0 Å². The van der Waals surface area contributed by atoms with E-state index in [1.165, 1.54) is 16.4 Å². The standard InChI is InChI=1S/C17H25B3N6O3S/c1-11-7-15-21-10-23-26(15)9-13(11)12-3-5-25(6-4-12)30(27,28)14-8-22-24(2)16(14)29-17(18,19)20/h7-10,12H,3-6,18-20H2,1-2H3. The Morgan fingerprint density at radius 1 is 1.20 bits per heavy atom. The molecule has 156 valence electrons. The number of sulfonamides is 1. The summed E-state index contributed by atoms with van der Waals surface area (Å²) >= 11 is 0. The number of fused-ring (bicyclic) bond motifs is 1. The molecule has 0 bridgehead atoms. The molecular formula is C17H25B3N6O3S. The van der Waals surface area contributed by atoms with Crippen LogP contribution in [0.25, 0.3) is 5.65 Å². The van der Waals surface area contributed by atoms with Crippen LogP contribution in [-0.4, -0.2) is 79.0 Å². The molecule has 0 saturated carbocycles. The predicted molar refractivity (Wildman–Crippen MR) is 121 cm³/mol. The number of nitrogens with zero attached hydrogens (tertiary/aromatic N) is 6. The zero-order chi connectivity index (χ0) is 21.7. The van der Waals surface area contributed by atoms with Gasteiger partial charge in [-0.25, -0.2) is 22.6 Å². The van der Waals surface area contributed by atoms with Crippen molar-refractivity contribution >= 4 is 39.2 Å². The van der Waals surface area contributed by atoms with Crippen molar-refractivity contribution in [2.75, 3.05) is 13.1 Å². The summed E-state index contributed by atoms with van der Waals surface area (Å²) in [5.41, 5.74) is 3.17. The molecule has 1 aliphatic heterocycles. The van der Waals surface area contributed by atoms with Gasteiger partial charge in [-0.2, -0.15) is 14.5 Å². The van der Waals surface area contributed by atoms with E-state index in [0.717, 1.165) is 24.1 Å². The summed E-state index contributed by atoms with van der Waals surface area (Å²) in [5.74, 6) is 0.557. The minimum absolute atomic E-state index is 0.124. The molecule has 0 N–H and O–H groups in total. The fourth-order valence-corrected chi connectivity index (χ4v) is 5.48. The highest BCUT2D eigenvalue weighted by atomic mass is 32.2. The van der Waals surface area contributed by atoms with Crippen LogP contribution < -0.4 is 4.74 Å². The molecule has 1 aliphatic rings. The first-order valence-electron chi connectivity index (χ1n) is 10.1. The molecule has 0 spiro atoms. The number of rotatable bonds is 5. The summed E-state index contributed by atoms with van der Waals surface area (Å²) in [5, 5.41) is 7.83. The van der Waals surface area contributed by atoms with Crippen molar-refractivity contribution in [3.05, 3.63) is 35.9 Å². The molecule has 4 heterocycles. The Hall–Kier alpha value is -2.27. The Bertz CT molecular complexity index is 1180. The van der Waals surface area contributed by atoms with Crippen LogP contribution in [0.3, 0.4) is 0 Å². The van der Waals surface area contributed by atoms with Crippen molar-refractivity contribution in [2.45, 2.75) is 35.9 Å². The minimum atomic E-state index is -3.69. The Morgan fingerprint density at radius 3 is 2.57 bits per heavy atom. The van der Waals surface area contributed by atoms with Crippen molar-refractivity contribution in [1.82, 2.24) is 28.7 Å². The Balaban J connectivity index is 1.54. The summed E-state index contributed by atoms with van der Waals surface area (Å²) < 4.78 is 37.3. The zero-order valence-electron chi connectivity index (χ0n) is 18.0. The van der Waals surface area contributed by atoms with Gasteiger partial charge in [-0.15, -0.1) is 0 Å². The van der Waals surface area contributed by atoms with E-state index in [1.54, 1.807) is 22.2 Å². The van der Waals surface area contributed by atoms with E-state index in [4.69, 9.17) is 4.74 Å². The van der Waals surface area contributed by atoms with Gasteiger partial charge < -0.3 is 4.74 Å². The number of pyridine rings is 1. The molecule has 0 radical (unpaired) electrons. The molecule has 0 amide bonds. The highest BCUT2D eigenvalue weighted by Crippen LogP contribution is 2.34. The van der Waals surface area contributed by atoms with Crippen molar-refractivity contribution in [2.24, 2.45) is 7.05 Å². The van der Waals surface area contributed by atoms with E-state index in [-0.39, 0.29) is 16.7 Å². The van der Waals surface area contributed by atoms with Crippen molar-refractivity contribution < 1.29 is 13.2 Å². The maximum absolute atomic E-state index is 13.3. The quantitative estimate of drug-likeness (QED) is 0.449. The summed E-state index contributed by atoms with van der Waals surface area (Å²) in [6, 6.07) is 2.03. The lowest BCUT2D eigenvalue weighted by Gasteiger charge is -2.32. The summed E-state index contributed by atoms with van der Waals surface area (Å²) in [6.45, 7) is 2.97. The lowest BCUT2D eigenvalue weighted by Crippen LogP contribution is -2.40. The molecule has 3 aromatic heterocycles. The molecule has 3 aromatic rings. The Kier molecular flexibility index (Phi) is 5.21. The van der Waals surface area contributed by atoms with Gasteiger partial charge in [-0.1, -0.05) is 0 Å². The van der Waals surface area contributed by atoms with E-state index in [1.807, 2.05) is 35.8 Å². The molecule has 13 heteroatoms. The monoisotopic (exact) mass is 426 g/mol.